The third kappa shape index (κ3) is 4.80. The first-order valence-corrected chi connectivity index (χ1v) is 10.3. The molecule has 3 aromatic carbocycles. The Bertz CT molecular complexity index is 1160. The van der Waals surface area contributed by atoms with Gasteiger partial charge in [0.2, 0.25) is 6.10 Å². The molecule has 8 nitrogen and oxygen atoms in total. The third-order valence-corrected chi connectivity index (χ3v) is 4.84. The first kappa shape index (κ1) is 21.2. The lowest BCUT2D eigenvalue weighted by molar-refractivity contribution is -0.132. The van der Waals surface area contributed by atoms with Gasteiger partial charge in [-0.3, -0.25) is 9.59 Å². The van der Waals surface area contributed by atoms with Crippen molar-refractivity contribution in [3.8, 4) is 17.2 Å². The van der Waals surface area contributed by atoms with Crippen LogP contribution in [-0.2, 0) is 9.59 Å². The van der Waals surface area contributed by atoms with E-state index in [9.17, 15) is 9.59 Å². The highest BCUT2D eigenvalue weighted by atomic mass is 16.6. The summed E-state index contributed by atoms with van der Waals surface area (Å²) in [6, 6.07) is 18.8. The van der Waals surface area contributed by atoms with Crippen molar-refractivity contribution in [1.82, 2.24) is 10.7 Å². The molecule has 1 aliphatic heterocycles. The number of amides is 2. The van der Waals surface area contributed by atoms with Crippen LogP contribution in [0.4, 0.5) is 0 Å². The van der Waals surface area contributed by atoms with Gasteiger partial charge in [0, 0.05) is 5.56 Å². The van der Waals surface area contributed by atoms with Crippen LogP contribution in [0.5, 0.6) is 17.2 Å². The zero-order valence-electron chi connectivity index (χ0n) is 17.5. The van der Waals surface area contributed by atoms with Crippen molar-refractivity contribution >= 4 is 28.8 Å². The Labute approximate surface area is 185 Å². The van der Waals surface area contributed by atoms with Crippen molar-refractivity contribution < 1.29 is 23.8 Å². The second-order valence-electron chi connectivity index (χ2n) is 7.01. The zero-order valence-corrected chi connectivity index (χ0v) is 17.5. The molecule has 0 aromatic heterocycles. The van der Waals surface area contributed by atoms with Gasteiger partial charge < -0.3 is 19.5 Å². The topological polar surface area (TPSA) is 98.2 Å². The summed E-state index contributed by atoms with van der Waals surface area (Å²) < 4.78 is 16.8. The minimum absolute atomic E-state index is 0.0733. The molecule has 0 radical (unpaired) electrons. The molecule has 32 heavy (non-hydrogen) atoms. The van der Waals surface area contributed by atoms with E-state index in [1.807, 2.05) is 49.4 Å². The average Bonchev–Trinajstić information content (AvgIpc) is 2.83. The van der Waals surface area contributed by atoms with E-state index in [1.165, 1.54) is 0 Å². The Hall–Kier alpha value is -4.07. The summed E-state index contributed by atoms with van der Waals surface area (Å²) in [6.07, 6.45) is 0.716. The second kappa shape index (κ2) is 9.82. The second-order valence-corrected chi connectivity index (χ2v) is 7.01. The summed E-state index contributed by atoms with van der Waals surface area (Å²) in [5, 5.41) is 8.57. The normalized spacial score (nSPS) is 14.8. The van der Waals surface area contributed by atoms with Gasteiger partial charge in [-0.15, -0.1) is 0 Å². The summed E-state index contributed by atoms with van der Waals surface area (Å²) in [4.78, 5) is 24.5. The number of nitrogens with zero attached hydrogens (tertiary/aromatic N) is 1. The molecule has 1 aliphatic rings. The maximum Gasteiger partial charge on any atom is 0.265 e. The fourth-order valence-electron chi connectivity index (χ4n) is 3.33. The molecule has 1 atom stereocenters. The molecule has 4 rings (SSSR count). The molecule has 0 spiro atoms. The largest absolute Gasteiger partial charge is 0.493 e. The smallest absolute Gasteiger partial charge is 0.265 e. The lowest BCUT2D eigenvalue weighted by Crippen LogP contribution is -2.46. The lowest BCUT2D eigenvalue weighted by Gasteiger charge is -2.25. The summed E-state index contributed by atoms with van der Waals surface area (Å²) in [7, 11) is 0. The fourth-order valence-corrected chi connectivity index (χ4v) is 3.33. The highest BCUT2D eigenvalue weighted by Gasteiger charge is 2.27. The van der Waals surface area contributed by atoms with Gasteiger partial charge in [-0.2, -0.15) is 5.10 Å². The number of hydrogen-bond donors (Lipinski definition) is 2. The molecular weight excluding hydrogens is 410 g/mol. The predicted octanol–water partition coefficient (Wildman–Crippen LogP) is 2.64. The number of benzene rings is 3. The van der Waals surface area contributed by atoms with Crippen LogP contribution in [0.25, 0.3) is 10.8 Å². The van der Waals surface area contributed by atoms with Crippen molar-refractivity contribution in [2.75, 3.05) is 19.8 Å². The van der Waals surface area contributed by atoms with Crippen molar-refractivity contribution in [2.24, 2.45) is 5.10 Å². The van der Waals surface area contributed by atoms with Crippen molar-refractivity contribution in [3.63, 3.8) is 0 Å². The maximum atomic E-state index is 12.3. The first-order chi connectivity index (χ1) is 15.7. The molecule has 2 amide bonds. The monoisotopic (exact) mass is 433 g/mol. The number of fused-ring (bicyclic) bond motifs is 2. The van der Waals surface area contributed by atoms with E-state index in [-0.39, 0.29) is 13.2 Å². The number of carbonyl (C=O) groups excluding carboxylic acids is 2. The number of para-hydroxylation sites is 2. The van der Waals surface area contributed by atoms with Crippen LogP contribution in [0.1, 0.15) is 12.5 Å². The molecule has 0 saturated carbocycles. The number of rotatable bonds is 7. The molecular formula is C24H23N3O5. The predicted molar refractivity (Wildman–Crippen MR) is 120 cm³/mol. The summed E-state index contributed by atoms with van der Waals surface area (Å²) in [6.45, 7) is 2.24. The van der Waals surface area contributed by atoms with Gasteiger partial charge in [0.05, 0.1) is 19.4 Å². The number of nitrogens with one attached hydrogen (secondary N) is 2. The van der Waals surface area contributed by atoms with E-state index < -0.39 is 17.9 Å². The van der Waals surface area contributed by atoms with Crippen LogP contribution in [0.2, 0.25) is 0 Å². The quantitative estimate of drug-likeness (QED) is 0.441. The van der Waals surface area contributed by atoms with Gasteiger partial charge >= 0.3 is 0 Å². The van der Waals surface area contributed by atoms with E-state index in [0.29, 0.717) is 23.9 Å². The van der Waals surface area contributed by atoms with Gasteiger partial charge in [0.25, 0.3) is 11.8 Å². The van der Waals surface area contributed by atoms with Crippen LogP contribution < -0.4 is 25.0 Å². The SMILES string of the molecule is CCOc1ccc2ccccc2c1C=NNC(=O)CNC(=O)C1COc2ccccc2O1. The van der Waals surface area contributed by atoms with Crippen molar-refractivity contribution in [1.29, 1.82) is 0 Å². The van der Waals surface area contributed by atoms with Gasteiger partial charge in [0.15, 0.2) is 11.5 Å². The third-order valence-electron chi connectivity index (χ3n) is 4.84. The van der Waals surface area contributed by atoms with E-state index in [2.05, 4.69) is 15.8 Å². The number of hydrogen-bond acceptors (Lipinski definition) is 6. The average molecular weight is 433 g/mol. The number of ether oxygens (including phenoxy) is 3. The minimum Gasteiger partial charge on any atom is -0.493 e. The Morgan fingerprint density at radius 3 is 2.72 bits per heavy atom. The highest BCUT2D eigenvalue weighted by Crippen LogP contribution is 2.31. The van der Waals surface area contributed by atoms with E-state index in [0.717, 1.165) is 16.3 Å². The van der Waals surface area contributed by atoms with Gasteiger partial charge in [-0.05, 0) is 35.9 Å². The molecule has 0 aliphatic carbocycles. The van der Waals surface area contributed by atoms with Crippen molar-refractivity contribution in [3.05, 3.63) is 66.2 Å². The van der Waals surface area contributed by atoms with Crippen LogP contribution >= 0.6 is 0 Å². The molecule has 2 N–H and O–H groups in total. The van der Waals surface area contributed by atoms with Gasteiger partial charge in [-0.1, -0.05) is 42.5 Å². The maximum absolute atomic E-state index is 12.3. The molecule has 1 heterocycles. The highest BCUT2D eigenvalue weighted by molar-refractivity contribution is 6.02. The minimum atomic E-state index is -0.828. The number of carbonyl (C=O) groups is 2. The van der Waals surface area contributed by atoms with Crippen LogP contribution in [0.15, 0.2) is 65.8 Å². The molecule has 164 valence electrons. The van der Waals surface area contributed by atoms with Crippen LogP contribution in [-0.4, -0.2) is 43.9 Å². The Morgan fingerprint density at radius 2 is 1.88 bits per heavy atom. The van der Waals surface area contributed by atoms with Gasteiger partial charge in [0.1, 0.15) is 12.4 Å². The number of hydrazone groups is 1. The van der Waals surface area contributed by atoms with Crippen LogP contribution in [0.3, 0.4) is 0 Å². The molecule has 1 unspecified atom stereocenters. The molecule has 0 bridgehead atoms. The molecule has 3 aromatic rings. The Kier molecular flexibility index (Phi) is 6.50. The Balaban J connectivity index is 1.34. The molecule has 0 saturated heterocycles. The summed E-state index contributed by atoms with van der Waals surface area (Å²) in [5.74, 6) is 0.847. The lowest BCUT2D eigenvalue weighted by atomic mass is 10.0. The fraction of sp³-hybridized carbons (Fsp3) is 0.208. The van der Waals surface area contributed by atoms with E-state index in [4.69, 9.17) is 14.2 Å². The standard InChI is InChI=1S/C24H23N3O5/c1-2-30-19-12-11-16-7-3-4-8-17(16)18(19)13-26-27-23(28)14-25-24(29)22-15-31-20-9-5-6-10-21(20)32-22/h3-13,22H,2,14-15H2,1H3,(H,25,29)(H,27,28). The Morgan fingerprint density at radius 1 is 1.09 bits per heavy atom. The summed E-state index contributed by atoms with van der Waals surface area (Å²) in [5.41, 5.74) is 3.19. The van der Waals surface area contributed by atoms with Crippen LogP contribution in [0, 0.1) is 0 Å². The van der Waals surface area contributed by atoms with Crippen molar-refractivity contribution in [2.45, 2.75) is 13.0 Å². The molecule has 0 fully saturated rings. The van der Waals surface area contributed by atoms with Gasteiger partial charge in [-0.25, -0.2) is 5.43 Å². The summed E-state index contributed by atoms with van der Waals surface area (Å²) >= 11 is 0. The zero-order chi connectivity index (χ0) is 22.3. The van der Waals surface area contributed by atoms with E-state index >= 15 is 0 Å². The first-order valence-electron chi connectivity index (χ1n) is 10.3. The molecule has 8 heteroatoms. The van der Waals surface area contributed by atoms with E-state index in [1.54, 1.807) is 24.4 Å².